The molecule has 0 radical (unpaired) electrons. The van der Waals surface area contributed by atoms with Crippen LogP contribution in [-0.2, 0) is 20.0 Å². The van der Waals surface area contributed by atoms with Gasteiger partial charge in [-0.1, -0.05) is 64.0 Å². The Hall–Kier alpha value is -0.830. The van der Waals surface area contributed by atoms with E-state index in [4.69, 9.17) is 9.05 Å². The number of phenolic OH excluding ortho intramolecular Hbond substituents is 1. The monoisotopic (exact) mass is 370 g/mol. The summed E-state index contributed by atoms with van der Waals surface area (Å²) in [6.45, 7) is 6.33. The minimum Gasteiger partial charge on any atom is -0.507 e. The SMILES string of the molecule is CCCCCCCCCCc1cccc(P(=O)(OCC)OCC)c1O. The maximum absolute atomic E-state index is 12.9. The molecule has 0 aliphatic heterocycles. The molecule has 0 spiro atoms. The highest BCUT2D eigenvalue weighted by Crippen LogP contribution is 2.49. The quantitative estimate of drug-likeness (QED) is 0.324. The predicted molar refractivity (Wildman–Crippen MR) is 105 cm³/mol. The van der Waals surface area contributed by atoms with Crippen LogP contribution in [0.25, 0.3) is 0 Å². The fraction of sp³-hybridized carbons (Fsp3) is 0.700. The lowest BCUT2D eigenvalue weighted by molar-refractivity contribution is 0.229. The molecule has 0 unspecified atom stereocenters. The van der Waals surface area contributed by atoms with Gasteiger partial charge in [-0.05, 0) is 38.3 Å². The molecule has 0 aliphatic carbocycles. The van der Waals surface area contributed by atoms with Crippen molar-refractivity contribution in [3.8, 4) is 5.75 Å². The summed E-state index contributed by atoms with van der Waals surface area (Å²) in [5.41, 5.74) is 0.822. The first-order valence-corrected chi connectivity index (χ1v) is 11.3. The molecule has 0 amide bonds. The van der Waals surface area contributed by atoms with Crippen LogP contribution in [0.4, 0.5) is 0 Å². The number of benzene rings is 1. The van der Waals surface area contributed by atoms with Crippen LogP contribution in [0.1, 0.15) is 77.7 Å². The molecular formula is C20H35O4P. The van der Waals surface area contributed by atoms with Crippen LogP contribution in [0.2, 0.25) is 0 Å². The number of para-hydroxylation sites is 1. The number of aromatic hydroxyl groups is 1. The van der Waals surface area contributed by atoms with E-state index >= 15 is 0 Å². The van der Waals surface area contributed by atoms with E-state index in [0.29, 0.717) is 0 Å². The largest absolute Gasteiger partial charge is 0.507 e. The molecule has 1 aromatic carbocycles. The molecule has 1 aromatic rings. The standard InChI is InChI=1S/C20H35O4P/c1-4-7-8-9-10-11-12-13-15-18-16-14-17-19(20(18)21)25(22,23-5-2)24-6-3/h14,16-17,21H,4-13,15H2,1-3H3. The Bertz CT molecular complexity index is 520. The Morgan fingerprint density at radius 1 is 0.880 bits per heavy atom. The molecule has 0 fully saturated rings. The molecule has 0 aromatic heterocycles. The van der Waals surface area contributed by atoms with Crippen molar-refractivity contribution in [1.82, 2.24) is 0 Å². The summed E-state index contributed by atoms with van der Waals surface area (Å²) in [5.74, 6) is 0.0654. The molecule has 0 saturated heterocycles. The van der Waals surface area contributed by atoms with Crippen molar-refractivity contribution in [1.29, 1.82) is 0 Å². The summed E-state index contributed by atoms with van der Waals surface area (Å²) in [6.07, 6.45) is 10.8. The highest BCUT2D eigenvalue weighted by atomic mass is 31.2. The fourth-order valence-corrected chi connectivity index (χ4v) is 4.67. The molecule has 0 saturated carbocycles. The second kappa shape index (κ2) is 12.5. The summed E-state index contributed by atoms with van der Waals surface area (Å²) in [6, 6.07) is 5.35. The van der Waals surface area contributed by atoms with E-state index in [1.54, 1.807) is 19.9 Å². The lowest BCUT2D eigenvalue weighted by Gasteiger charge is -2.19. The highest BCUT2D eigenvalue weighted by molar-refractivity contribution is 7.62. The molecule has 0 aliphatic rings. The van der Waals surface area contributed by atoms with Crippen molar-refractivity contribution in [2.24, 2.45) is 0 Å². The van der Waals surface area contributed by atoms with Crippen LogP contribution < -0.4 is 5.30 Å². The third-order valence-corrected chi connectivity index (χ3v) is 6.44. The number of aryl methyl sites for hydroxylation is 1. The summed E-state index contributed by atoms with van der Waals surface area (Å²) in [4.78, 5) is 0. The minimum absolute atomic E-state index is 0.0654. The molecule has 1 N–H and O–H groups in total. The zero-order valence-electron chi connectivity index (χ0n) is 16.1. The molecule has 0 atom stereocenters. The van der Waals surface area contributed by atoms with E-state index in [1.165, 1.54) is 38.5 Å². The van der Waals surface area contributed by atoms with Crippen molar-refractivity contribution in [2.45, 2.75) is 78.6 Å². The van der Waals surface area contributed by atoms with Crippen molar-refractivity contribution in [2.75, 3.05) is 13.2 Å². The molecule has 5 heteroatoms. The molecule has 25 heavy (non-hydrogen) atoms. The highest BCUT2D eigenvalue weighted by Gasteiger charge is 2.30. The molecule has 144 valence electrons. The van der Waals surface area contributed by atoms with Gasteiger partial charge in [-0.15, -0.1) is 0 Å². The van der Waals surface area contributed by atoms with Gasteiger partial charge in [0, 0.05) is 0 Å². The fourth-order valence-electron chi connectivity index (χ4n) is 2.97. The van der Waals surface area contributed by atoms with Gasteiger partial charge in [0.15, 0.2) is 0 Å². The first-order chi connectivity index (χ1) is 12.1. The Morgan fingerprint density at radius 2 is 1.44 bits per heavy atom. The minimum atomic E-state index is -3.45. The van der Waals surface area contributed by atoms with E-state index in [2.05, 4.69) is 6.92 Å². The van der Waals surface area contributed by atoms with Gasteiger partial charge in [0.2, 0.25) is 0 Å². The van der Waals surface area contributed by atoms with Crippen LogP contribution in [0.15, 0.2) is 18.2 Å². The number of hydrogen-bond acceptors (Lipinski definition) is 4. The van der Waals surface area contributed by atoms with Crippen LogP contribution in [0.3, 0.4) is 0 Å². The second-order valence-electron chi connectivity index (χ2n) is 6.34. The molecular weight excluding hydrogens is 335 g/mol. The van der Waals surface area contributed by atoms with Gasteiger partial charge >= 0.3 is 7.60 Å². The van der Waals surface area contributed by atoms with Gasteiger partial charge in [-0.2, -0.15) is 0 Å². The smallest absolute Gasteiger partial charge is 0.365 e. The summed E-state index contributed by atoms with van der Waals surface area (Å²) in [7, 11) is -3.45. The summed E-state index contributed by atoms with van der Waals surface area (Å²) >= 11 is 0. The van der Waals surface area contributed by atoms with Crippen LogP contribution in [-0.4, -0.2) is 18.3 Å². The number of unbranched alkanes of at least 4 members (excludes halogenated alkanes) is 7. The predicted octanol–water partition coefficient (Wildman–Crippen LogP) is 5.97. The van der Waals surface area contributed by atoms with Gasteiger partial charge in [-0.25, -0.2) is 0 Å². The maximum atomic E-state index is 12.9. The van der Waals surface area contributed by atoms with Gasteiger partial charge in [-0.3, -0.25) is 4.57 Å². The maximum Gasteiger partial charge on any atom is 0.365 e. The first kappa shape index (κ1) is 22.2. The molecule has 1 rings (SSSR count). The Labute approximate surface area is 153 Å². The third kappa shape index (κ3) is 7.52. The van der Waals surface area contributed by atoms with Crippen molar-refractivity contribution in [3.63, 3.8) is 0 Å². The van der Waals surface area contributed by atoms with Crippen LogP contribution in [0, 0.1) is 0 Å². The lowest BCUT2D eigenvalue weighted by atomic mass is 10.0. The Kier molecular flexibility index (Phi) is 11.1. The zero-order valence-corrected chi connectivity index (χ0v) is 17.0. The lowest BCUT2D eigenvalue weighted by Crippen LogP contribution is -2.12. The van der Waals surface area contributed by atoms with E-state index in [9.17, 15) is 9.67 Å². The van der Waals surface area contributed by atoms with Gasteiger partial charge in [0.05, 0.1) is 13.2 Å². The van der Waals surface area contributed by atoms with Crippen LogP contribution in [0.5, 0.6) is 5.75 Å². The average molecular weight is 370 g/mol. The number of phenols is 1. The normalized spacial score (nSPS) is 11.8. The molecule has 4 nitrogen and oxygen atoms in total. The van der Waals surface area contributed by atoms with E-state index in [0.717, 1.165) is 24.8 Å². The topological polar surface area (TPSA) is 55.8 Å². The average Bonchev–Trinajstić information content (AvgIpc) is 2.59. The summed E-state index contributed by atoms with van der Waals surface area (Å²) < 4.78 is 23.6. The zero-order chi connectivity index (χ0) is 18.5. The Balaban J connectivity index is 2.57. The van der Waals surface area contributed by atoms with Crippen molar-refractivity contribution < 1.29 is 18.7 Å². The van der Waals surface area contributed by atoms with Crippen LogP contribution >= 0.6 is 7.60 Å². The second-order valence-corrected chi connectivity index (χ2v) is 8.34. The molecule has 0 bridgehead atoms. The van der Waals surface area contributed by atoms with Gasteiger partial charge in [0.1, 0.15) is 11.1 Å². The van der Waals surface area contributed by atoms with E-state index in [-0.39, 0.29) is 24.3 Å². The number of rotatable bonds is 14. The van der Waals surface area contributed by atoms with Crippen molar-refractivity contribution >= 4 is 12.9 Å². The third-order valence-electron chi connectivity index (χ3n) is 4.29. The van der Waals surface area contributed by atoms with E-state index in [1.807, 2.05) is 12.1 Å². The van der Waals surface area contributed by atoms with E-state index < -0.39 is 7.60 Å². The summed E-state index contributed by atoms with van der Waals surface area (Å²) in [5, 5.41) is 10.8. The van der Waals surface area contributed by atoms with Gasteiger partial charge < -0.3 is 14.2 Å². The number of hydrogen-bond donors (Lipinski definition) is 1. The van der Waals surface area contributed by atoms with Crippen molar-refractivity contribution in [3.05, 3.63) is 23.8 Å². The first-order valence-electron chi connectivity index (χ1n) is 9.79. The molecule has 0 heterocycles. The van der Waals surface area contributed by atoms with Gasteiger partial charge in [0.25, 0.3) is 0 Å². The Morgan fingerprint density at radius 3 is 2.00 bits per heavy atom.